The number of carbonyl (C=O) groups excluding carboxylic acids is 4. The molecule has 2 aliphatic heterocycles. The Morgan fingerprint density at radius 3 is 2.39 bits per heavy atom. The highest BCUT2D eigenvalue weighted by Gasteiger charge is 2.44. The van der Waals surface area contributed by atoms with Crippen LogP contribution in [0.3, 0.4) is 0 Å². The van der Waals surface area contributed by atoms with E-state index in [0.717, 1.165) is 12.8 Å². The molecule has 2 heterocycles. The van der Waals surface area contributed by atoms with Crippen LogP contribution in [0.4, 0.5) is 4.79 Å². The maximum Gasteiger partial charge on any atom is 0.317 e. The summed E-state index contributed by atoms with van der Waals surface area (Å²) in [5.74, 6) is -0.510. The van der Waals surface area contributed by atoms with Crippen LogP contribution in [-0.4, -0.2) is 83.4 Å². The molecule has 0 bridgehead atoms. The van der Waals surface area contributed by atoms with Crippen LogP contribution in [0, 0.1) is 17.8 Å². The average molecular weight is 439 g/mol. The molecular weight excluding hydrogens is 400 g/mol. The number of amides is 4. The topological polar surface area (TPSA) is 119 Å². The Labute approximate surface area is 184 Å². The molecule has 0 aromatic carbocycles. The Morgan fingerprint density at radius 1 is 1.03 bits per heavy atom. The van der Waals surface area contributed by atoms with Gasteiger partial charge in [0.15, 0.2) is 5.78 Å². The number of nitrogens with zero attached hydrogens (tertiary/aromatic N) is 2. The third-order valence-corrected chi connectivity index (χ3v) is 5.87. The zero-order valence-corrected chi connectivity index (χ0v) is 19.2. The van der Waals surface area contributed by atoms with Crippen LogP contribution in [0.5, 0.6) is 0 Å². The number of nitrogens with one attached hydrogen (secondary N) is 2. The molecule has 176 valence electrons. The van der Waals surface area contributed by atoms with Crippen molar-refractivity contribution >= 4 is 23.6 Å². The molecule has 2 aliphatic rings. The molecule has 2 saturated heterocycles. The van der Waals surface area contributed by atoms with Crippen LogP contribution in [0.1, 0.15) is 53.4 Å². The van der Waals surface area contributed by atoms with Gasteiger partial charge in [0, 0.05) is 32.6 Å². The van der Waals surface area contributed by atoms with Crippen molar-refractivity contribution in [2.45, 2.75) is 65.5 Å². The lowest BCUT2D eigenvalue weighted by Crippen LogP contribution is -2.46. The molecular formula is C22H38N4O5. The summed E-state index contributed by atoms with van der Waals surface area (Å²) in [7, 11) is 0. The van der Waals surface area contributed by atoms with E-state index in [1.165, 1.54) is 4.90 Å². The van der Waals surface area contributed by atoms with Crippen LogP contribution in [0.15, 0.2) is 0 Å². The van der Waals surface area contributed by atoms with Crippen molar-refractivity contribution in [1.82, 2.24) is 20.4 Å². The average Bonchev–Trinajstić information content (AvgIpc) is 3.31. The Morgan fingerprint density at radius 2 is 1.74 bits per heavy atom. The molecule has 1 unspecified atom stereocenters. The van der Waals surface area contributed by atoms with E-state index in [0.29, 0.717) is 31.8 Å². The summed E-state index contributed by atoms with van der Waals surface area (Å²) in [6.45, 7) is 9.14. The first-order chi connectivity index (χ1) is 14.6. The molecule has 0 aliphatic carbocycles. The normalized spacial score (nSPS) is 23.5. The number of hydrogen-bond acceptors (Lipinski definition) is 5. The van der Waals surface area contributed by atoms with Crippen molar-refractivity contribution < 1.29 is 24.3 Å². The minimum atomic E-state index is -0.972. The van der Waals surface area contributed by atoms with Crippen molar-refractivity contribution in [3.63, 3.8) is 0 Å². The van der Waals surface area contributed by atoms with Gasteiger partial charge in [-0.1, -0.05) is 27.7 Å². The van der Waals surface area contributed by atoms with Crippen molar-refractivity contribution in [1.29, 1.82) is 0 Å². The monoisotopic (exact) mass is 438 g/mol. The summed E-state index contributed by atoms with van der Waals surface area (Å²) in [6, 6.07) is -1.01. The van der Waals surface area contributed by atoms with E-state index in [1.807, 2.05) is 13.8 Å². The van der Waals surface area contributed by atoms with Gasteiger partial charge in [-0.3, -0.25) is 14.4 Å². The molecule has 4 amide bonds. The van der Waals surface area contributed by atoms with Gasteiger partial charge in [0.05, 0.1) is 24.6 Å². The minimum absolute atomic E-state index is 0.0311. The summed E-state index contributed by atoms with van der Waals surface area (Å²) in [5.41, 5.74) is 0. The number of aliphatic hydroxyl groups is 1. The summed E-state index contributed by atoms with van der Waals surface area (Å²) >= 11 is 0. The Kier molecular flexibility index (Phi) is 9.28. The first-order valence-electron chi connectivity index (χ1n) is 11.4. The molecule has 3 N–H and O–H groups in total. The van der Waals surface area contributed by atoms with Crippen LogP contribution in [0.2, 0.25) is 0 Å². The number of aliphatic hydroxyl groups excluding tert-OH is 1. The third-order valence-electron chi connectivity index (χ3n) is 5.87. The maximum absolute atomic E-state index is 13.1. The highest BCUT2D eigenvalue weighted by atomic mass is 16.3. The number of hydrogen-bond donors (Lipinski definition) is 3. The third kappa shape index (κ3) is 7.19. The Balaban J connectivity index is 1.85. The van der Waals surface area contributed by atoms with Crippen molar-refractivity contribution in [2.24, 2.45) is 17.8 Å². The van der Waals surface area contributed by atoms with E-state index in [-0.39, 0.29) is 43.1 Å². The molecule has 2 rings (SSSR count). The SMILES string of the molecule is CC(C)CCNC(=O)CNC(=O)N1CC(C(=O)[C@@H]2CCCN2C(=O)CC(C)C)[C@H](O)C1. The van der Waals surface area contributed by atoms with E-state index in [1.54, 1.807) is 4.90 Å². The summed E-state index contributed by atoms with van der Waals surface area (Å²) in [4.78, 5) is 52.8. The van der Waals surface area contributed by atoms with E-state index in [9.17, 15) is 24.3 Å². The van der Waals surface area contributed by atoms with Gasteiger partial charge in [0.1, 0.15) is 0 Å². The lowest BCUT2D eigenvalue weighted by molar-refractivity contribution is -0.140. The standard InChI is InChI=1S/C22H38N4O5/c1-14(2)7-8-23-19(28)11-24-22(31)25-12-16(18(27)13-25)21(30)17-6-5-9-26(17)20(29)10-15(3)4/h14-18,27H,5-13H2,1-4H3,(H,23,28)(H,24,31)/t16?,17-,18+/m0/s1. The number of likely N-dealkylation sites (tertiary alicyclic amines) is 2. The van der Waals surface area contributed by atoms with Crippen LogP contribution < -0.4 is 10.6 Å². The molecule has 9 nitrogen and oxygen atoms in total. The predicted octanol–water partition coefficient (Wildman–Crippen LogP) is 0.757. The van der Waals surface area contributed by atoms with E-state index in [4.69, 9.17) is 0 Å². The second-order valence-corrected chi connectivity index (χ2v) is 9.52. The van der Waals surface area contributed by atoms with Crippen LogP contribution in [-0.2, 0) is 14.4 Å². The van der Waals surface area contributed by atoms with Crippen LogP contribution in [0.25, 0.3) is 0 Å². The van der Waals surface area contributed by atoms with E-state index >= 15 is 0 Å². The number of β-amino-alcohol motifs (C(OH)–C–C–N with tert-alkyl or cyclic N) is 1. The zero-order chi connectivity index (χ0) is 23.1. The molecule has 2 fully saturated rings. The van der Waals surface area contributed by atoms with Gasteiger partial charge in [-0.05, 0) is 31.1 Å². The molecule has 0 aromatic heterocycles. The fourth-order valence-corrected chi connectivity index (χ4v) is 4.14. The van der Waals surface area contributed by atoms with Gasteiger partial charge in [-0.2, -0.15) is 0 Å². The van der Waals surface area contributed by atoms with Crippen LogP contribution >= 0.6 is 0 Å². The number of rotatable bonds is 9. The van der Waals surface area contributed by atoms with Gasteiger partial charge in [-0.25, -0.2) is 4.79 Å². The molecule has 3 atom stereocenters. The number of Topliss-reactive ketones (excluding diaryl/α,β-unsaturated/α-hetero) is 1. The molecule has 0 radical (unpaired) electrons. The second-order valence-electron chi connectivity index (χ2n) is 9.52. The van der Waals surface area contributed by atoms with Gasteiger partial charge in [0.2, 0.25) is 11.8 Å². The minimum Gasteiger partial charge on any atom is -0.390 e. The van der Waals surface area contributed by atoms with Crippen molar-refractivity contribution in [2.75, 3.05) is 32.7 Å². The number of ketones is 1. The fourth-order valence-electron chi connectivity index (χ4n) is 4.14. The van der Waals surface area contributed by atoms with Gasteiger partial charge in [0.25, 0.3) is 0 Å². The van der Waals surface area contributed by atoms with E-state index in [2.05, 4.69) is 24.5 Å². The highest BCUT2D eigenvalue weighted by Crippen LogP contribution is 2.27. The van der Waals surface area contributed by atoms with Gasteiger partial charge in [-0.15, -0.1) is 0 Å². The lowest BCUT2D eigenvalue weighted by Gasteiger charge is -2.27. The van der Waals surface area contributed by atoms with Gasteiger partial charge < -0.3 is 25.5 Å². The molecule has 31 heavy (non-hydrogen) atoms. The molecule has 0 aromatic rings. The summed E-state index contributed by atoms with van der Waals surface area (Å²) in [6.07, 6.45) is 1.64. The Hall–Kier alpha value is -2.16. The van der Waals surface area contributed by atoms with Gasteiger partial charge >= 0.3 is 6.03 Å². The predicted molar refractivity (Wildman–Crippen MR) is 116 cm³/mol. The lowest BCUT2D eigenvalue weighted by atomic mass is 9.93. The summed E-state index contributed by atoms with van der Waals surface area (Å²) in [5, 5.41) is 15.7. The maximum atomic E-state index is 13.1. The quantitative estimate of drug-likeness (QED) is 0.491. The molecule has 0 spiro atoms. The van der Waals surface area contributed by atoms with Crippen molar-refractivity contribution in [3.05, 3.63) is 0 Å². The smallest absolute Gasteiger partial charge is 0.317 e. The highest BCUT2D eigenvalue weighted by molar-refractivity contribution is 5.92. The van der Waals surface area contributed by atoms with Crippen molar-refractivity contribution in [3.8, 4) is 0 Å². The zero-order valence-electron chi connectivity index (χ0n) is 19.2. The first kappa shape index (κ1) is 25.1. The number of urea groups is 1. The first-order valence-corrected chi connectivity index (χ1v) is 11.4. The van der Waals surface area contributed by atoms with E-state index < -0.39 is 24.1 Å². The largest absolute Gasteiger partial charge is 0.390 e. The fraction of sp³-hybridized carbons (Fsp3) is 0.818. The summed E-state index contributed by atoms with van der Waals surface area (Å²) < 4.78 is 0. The molecule has 9 heteroatoms. The Bertz CT molecular complexity index is 666. The second kappa shape index (κ2) is 11.5. The number of carbonyl (C=O) groups is 4. The molecule has 0 saturated carbocycles.